The molecule has 0 bridgehead atoms. The van der Waals surface area contributed by atoms with Crippen molar-refractivity contribution >= 4 is 17.9 Å². The molecule has 86 valence electrons. The Morgan fingerprint density at radius 2 is 2.06 bits per heavy atom. The van der Waals surface area contributed by atoms with Crippen LogP contribution < -0.4 is 0 Å². The van der Waals surface area contributed by atoms with E-state index in [0.717, 1.165) is 0 Å². The minimum atomic E-state index is -0.440. The summed E-state index contributed by atoms with van der Waals surface area (Å²) in [5, 5.41) is 0.408. The molecule has 0 fully saturated rings. The molecule has 2 aromatic rings. The van der Waals surface area contributed by atoms with Gasteiger partial charge in [-0.1, -0.05) is 11.6 Å². The summed E-state index contributed by atoms with van der Waals surface area (Å²) in [6.45, 7) is 1.71. The monoisotopic (exact) mass is 250 g/mol. The molecule has 0 N–H and O–H groups in total. The zero-order valence-electron chi connectivity index (χ0n) is 8.95. The van der Waals surface area contributed by atoms with Crippen molar-refractivity contribution in [3.8, 4) is 11.3 Å². The molecule has 3 nitrogen and oxygen atoms in total. The predicted octanol–water partition coefficient (Wildman–Crippen LogP) is 3.06. The van der Waals surface area contributed by atoms with E-state index in [2.05, 4.69) is 9.97 Å². The molecule has 1 aromatic carbocycles. The maximum absolute atomic E-state index is 13.6. The van der Waals surface area contributed by atoms with E-state index in [1.807, 2.05) is 0 Å². The molecule has 0 saturated carbocycles. The largest absolute Gasteiger partial charge is 0.294 e. The zero-order valence-corrected chi connectivity index (χ0v) is 9.70. The van der Waals surface area contributed by atoms with Gasteiger partial charge in [0.1, 0.15) is 5.82 Å². The van der Waals surface area contributed by atoms with Crippen LogP contribution in [0.25, 0.3) is 11.3 Å². The standard InChI is InChI=1S/C12H8ClFN2O/c1-7-4-11(16-12(6-17)15-7)9-5-8(13)2-3-10(9)14/h2-6H,1H3. The van der Waals surface area contributed by atoms with E-state index in [-0.39, 0.29) is 11.4 Å². The van der Waals surface area contributed by atoms with Gasteiger partial charge in [0.15, 0.2) is 12.1 Å². The van der Waals surface area contributed by atoms with Crippen LogP contribution in [0.5, 0.6) is 0 Å². The van der Waals surface area contributed by atoms with Gasteiger partial charge in [-0.3, -0.25) is 4.79 Å². The van der Waals surface area contributed by atoms with Crippen LogP contribution in [-0.2, 0) is 0 Å². The van der Waals surface area contributed by atoms with Crippen LogP contribution in [0.15, 0.2) is 24.3 Å². The molecule has 2 rings (SSSR count). The molecule has 1 heterocycles. The Kier molecular flexibility index (Phi) is 3.15. The average Bonchev–Trinajstić information content (AvgIpc) is 2.31. The summed E-state index contributed by atoms with van der Waals surface area (Å²) in [6.07, 6.45) is 0.527. The summed E-state index contributed by atoms with van der Waals surface area (Å²) >= 11 is 5.80. The summed E-state index contributed by atoms with van der Waals surface area (Å²) in [4.78, 5) is 18.5. The van der Waals surface area contributed by atoms with Gasteiger partial charge in [-0.2, -0.15) is 0 Å². The molecule has 0 amide bonds. The Balaban J connectivity index is 2.63. The van der Waals surface area contributed by atoms with Crippen molar-refractivity contribution in [1.29, 1.82) is 0 Å². The second-order valence-electron chi connectivity index (χ2n) is 3.49. The van der Waals surface area contributed by atoms with Crippen molar-refractivity contribution in [1.82, 2.24) is 9.97 Å². The summed E-state index contributed by atoms with van der Waals surface area (Å²) < 4.78 is 13.6. The molecule has 17 heavy (non-hydrogen) atoms. The number of aldehydes is 1. The minimum absolute atomic E-state index is 0.0272. The number of rotatable bonds is 2. The fraction of sp³-hybridized carbons (Fsp3) is 0.0833. The zero-order chi connectivity index (χ0) is 12.4. The first-order valence-electron chi connectivity index (χ1n) is 4.86. The number of carbonyl (C=O) groups is 1. The second-order valence-corrected chi connectivity index (χ2v) is 3.93. The van der Waals surface area contributed by atoms with E-state index in [1.54, 1.807) is 13.0 Å². The first-order chi connectivity index (χ1) is 8.10. The molecule has 0 aliphatic heterocycles. The number of hydrogen-bond acceptors (Lipinski definition) is 3. The van der Waals surface area contributed by atoms with Crippen LogP contribution in [0.4, 0.5) is 4.39 Å². The highest BCUT2D eigenvalue weighted by atomic mass is 35.5. The van der Waals surface area contributed by atoms with Gasteiger partial charge in [0.2, 0.25) is 0 Å². The quantitative estimate of drug-likeness (QED) is 0.770. The number of nitrogens with zero attached hydrogens (tertiary/aromatic N) is 2. The van der Waals surface area contributed by atoms with Gasteiger partial charge in [0.05, 0.1) is 5.69 Å². The molecule has 0 saturated heterocycles. The number of benzene rings is 1. The van der Waals surface area contributed by atoms with Gasteiger partial charge >= 0.3 is 0 Å². The highest BCUT2D eigenvalue weighted by molar-refractivity contribution is 6.30. The number of halogens is 2. The minimum Gasteiger partial charge on any atom is -0.294 e. The van der Waals surface area contributed by atoms with E-state index in [0.29, 0.717) is 22.7 Å². The topological polar surface area (TPSA) is 42.9 Å². The van der Waals surface area contributed by atoms with Gasteiger partial charge in [-0.15, -0.1) is 0 Å². The molecule has 0 radical (unpaired) electrons. The van der Waals surface area contributed by atoms with Crippen LogP contribution in [0.1, 0.15) is 16.3 Å². The third kappa shape index (κ3) is 2.47. The molecule has 0 spiro atoms. The molecule has 0 unspecified atom stereocenters. The Bertz CT molecular complexity index is 587. The third-order valence-corrected chi connectivity index (χ3v) is 2.42. The van der Waals surface area contributed by atoms with Gasteiger partial charge in [-0.05, 0) is 31.2 Å². The molecular formula is C12H8ClFN2O. The molecule has 0 atom stereocenters. The van der Waals surface area contributed by atoms with Crippen molar-refractivity contribution in [2.45, 2.75) is 6.92 Å². The summed E-state index contributed by atoms with van der Waals surface area (Å²) in [6, 6.07) is 5.78. The molecule has 0 aliphatic carbocycles. The predicted molar refractivity (Wildman–Crippen MR) is 62.6 cm³/mol. The lowest BCUT2D eigenvalue weighted by molar-refractivity contribution is 0.111. The smallest absolute Gasteiger partial charge is 0.193 e. The Morgan fingerprint density at radius 3 is 2.76 bits per heavy atom. The first kappa shape index (κ1) is 11.7. The van der Waals surface area contributed by atoms with Crippen molar-refractivity contribution in [3.05, 3.63) is 46.6 Å². The SMILES string of the molecule is Cc1cc(-c2cc(Cl)ccc2F)nc(C=O)n1. The molecular weight excluding hydrogens is 243 g/mol. The summed E-state index contributed by atoms with van der Waals surface area (Å²) in [7, 11) is 0. The molecule has 5 heteroatoms. The van der Waals surface area contributed by atoms with Crippen molar-refractivity contribution < 1.29 is 9.18 Å². The third-order valence-electron chi connectivity index (χ3n) is 2.18. The van der Waals surface area contributed by atoms with Crippen LogP contribution in [0.3, 0.4) is 0 Å². The lowest BCUT2D eigenvalue weighted by Gasteiger charge is -2.05. The first-order valence-corrected chi connectivity index (χ1v) is 5.24. The van der Waals surface area contributed by atoms with E-state index in [1.165, 1.54) is 18.2 Å². The molecule has 1 aromatic heterocycles. The van der Waals surface area contributed by atoms with Crippen LogP contribution >= 0.6 is 11.6 Å². The average molecular weight is 251 g/mol. The Labute approximate surface area is 102 Å². The van der Waals surface area contributed by atoms with Gasteiger partial charge in [0.25, 0.3) is 0 Å². The van der Waals surface area contributed by atoms with Crippen LogP contribution in [0, 0.1) is 12.7 Å². The fourth-order valence-corrected chi connectivity index (χ4v) is 1.65. The van der Waals surface area contributed by atoms with E-state index in [4.69, 9.17) is 11.6 Å². The number of aryl methyl sites for hydroxylation is 1. The molecule has 0 aliphatic rings. The van der Waals surface area contributed by atoms with E-state index < -0.39 is 5.82 Å². The Hall–Kier alpha value is -1.81. The summed E-state index contributed by atoms with van der Waals surface area (Å²) in [5.74, 6) is -0.413. The van der Waals surface area contributed by atoms with E-state index in [9.17, 15) is 9.18 Å². The van der Waals surface area contributed by atoms with Crippen molar-refractivity contribution in [3.63, 3.8) is 0 Å². The maximum atomic E-state index is 13.6. The fourth-order valence-electron chi connectivity index (χ4n) is 1.48. The normalized spacial score (nSPS) is 10.3. The van der Waals surface area contributed by atoms with Crippen molar-refractivity contribution in [2.24, 2.45) is 0 Å². The second kappa shape index (κ2) is 4.59. The Morgan fingerprint density at radius 1 is 1.29 bits per heavy atom. The van der Waals surface area contributed by atoms with Gasteiger partial charge in [-0.25, -0.2) is 14.4 Å². The highest BCUT2D eigenvalue weighted by Gasteiger charge is 2.09. The van der Waals surface area contributed by atoms with Crippen molar-refractivity contribution in [2.75, 3.05) is 0 Å². The lowest BCUT2D eigenvalue weighted by atomic mass is 10.1. The number of aromatic nitrogens is 2. The van der Waals surface area contributed by atoms with Crippen LogP contribution in [0.2, 0.25) is 5.02 Å². The van der Waals surface area contributed by atoms with E-state index >= 15 is 0 Å². The number of hydrogen-bond donors (Lipinski definition) is 0. The number of carbonyl (C=O) groups excluding carboxylic acids is 1. The highest BCUT2D eigenvalue weighted by Crippen LogP contribution is 2.24. The van der Waals surface area contributed by atoms with Gasteiger partial charge < -0.3 is 0 Å². The summed E-state index contributed by atoms with van der Waals surface area (Å²) in [5.41, 5.74) is 1.20. The maximum Gasteiger partial charge on any atom is 0.193 e. The lowest BCUT2D eigenvalue weighted by Crippen LogP contribution is -1.98. The van der Waals surface area contributed by atoms with Gasteiger partial charge in [0, 0.05) is 16.3 Å². The van der Waals surface area contributed by atoms with Crippen LogP contribution in [-0.4, -0.2) is 16.3 Å².